The van der Waals surface area contributed by atoms with Crippen LogP contribution in [0.4, 0.5) is 0 Å². The Bertz CT molecular complexity index is 296. The number of hydrogen-bond donors (Lipinski definition) is 0. The van der Waals surface area contributed by atoms with E-state index >= 15 is 0 Å². The van der Waals surface area contributed by atoms with Gasteiger partial charge in [0, 0.05) is 18.6 Å². The second-order valence-corrected chi connectivity index (χ2v) is 6.36. The van der Waals surface area contributed by atoms with Crippen molar-refractivity contribution >= 4 is 0 Å². The molecule has 4 rings (SSSR count). The summed E-state index contributed by atoms with van der Waals surface area (Å²) in [5.41, 5.74) is 0. The lowest BCUT2D eigenvalue weighted by atomic mass is 9.93. The third-order valence-corrected chi connectivity index (χ3v) is 5.38. The maximum atomic E-state index is 6.03. The van der Waals surface area contributed by atoms with Crippen LogP contribution in [0.5, 0.6) is 0 Å². The molecule has 4 aliphatic heterocycles. The van der Waals surface area contributed by atoms with Crippen molar-refractivity contribution in [3.8, 4) is 0 Å². The van der Waals surface area contributed by atoms with Crippen molar-refractivity contribution in [2.45, 2.75) is 62.8 Å². The second kappa shape index (κ2) is 4.22. The fourth-order valence-electron chi connectivity index (χ4n) is 4.53. The van der Waals surface area contributed by atoms with E-state index in [-0.39, 0.29) is 0 Å². The Morgan fingerprint density at radius 1 is 0.882 bits per heavy atom. The highest BCUT2D eigenvalue weighted by Gasteiger charge is 2.44. The van der Waals surface area contributed by atoms with Crippen molar-refractivity contribution in [1.82, 2.24) is 9.80 Å². The first-order chi connectivity index (χ1) is 8.40. The smallest absolute Gasteiger partial charge is 0.0735 e. The standard InChI is InChI=1S/C14H24N2O/c1-3-11-10-16(8-2-7-15(11)6-1)13-9-12-4-5-14(13)17-12/h11-14H,1-10H2. The van der Waals surface area contributed by atoms with E-state index < -0.39 is 0 Å². The molecule has 0 spiro atoms. The molecule has 0 N–H and O–H groups in total. The van der Waals surface area contributed by atoms with E-state index in [1.165, 1.54) is 64.7 Å². The first kappa shape index (κ1) is 10.8. The van der Waals surface area contributed by atoms with E-state index in [0.29, 0.717) is 12.2 Å². The van der Waals surface area contributed by atoms with Gasteiger partial charge in [-0.25, -0.2) is 0 Å². The van der Waals surface area contributed by atoms with Gasteiger partial charge in [-0.2, -0.15) is 0 Å². The maximum absolute atomic E-state index is 6.03. The summed E-state index contributed by atoms with van der Waals surface area (Å²) in [6, 6.07) is 1.62. The molecule has 0 aromatic rings. The summed E-state index contributed by atoms with van der Waals surface area (Å²) in [5, 5.41) is 0. The Morgan fingerprint density at radius 3 is 2.59 bits per heavy atom. The van der Waals surface area contributed by atoms with Crippen molar-refractivity contribution in [1.29, 1.82) is 0 Å². The lowest BCUT2D eigenvalue weighted by Gasteiger charge is -2.33. The van der Waals surface area contributed by atoms with Crippen LogP contribution >= 0.6 is 0 Å². The van der Waals surface area contributed by atoms with Crippen molar-refractivity contribution in [2.24, 2.45) is 0 Å². The van der Waals surface area contributed by atoms with Crippen LogP contribution in [0.2, 0.25) is 0 Å². The van der Waals surface area contributed by atoms with Crippen LogP contribution in [0.25, 0.3) is 0 Å². The summed E-state index contributed by atoms with van der Waals surface area (Å²) >= 11 is 0. The number of ether oxygens (including phenoxy) is 1. The van der Waals surface area contributed by atoms with E-state index in [2.05, 4.69) is 9.80 Å². The monoisotopic (exact) mass is 236 g/mol. The molecule has 96 valence electrons. The minimum absolute atomic E-state index is 0.577. The highest BCUT2D eigenvalue weighted by atomic mass is 16.5. The summed E-state index contributed by atoms with van der Waals surface area (Å²) in [5.74, 6) is 0. The van der Waals surface area contributed by atoms with Gasteiger partial charge in [0.25, 0.3) is 0 Å². The fraction of sp³-hybridized carbons (Fsp3) is 1.00. The van der Waals surface area contributed by atoms with Gasteiger partial charge in [0.2, 0.25) is 0 Å². The molecule has 4 aliphatic rings. The molecule has 0 aliphatic carbocycles. The molecule has 2 bridgehead atoms. The van der Waals surface area contributed by atoms with Crippen LogP contribution in [-0.4, -0.2) is 60.3 Å². The highest BCUT2D eigenvalue weighted by molar-refractivity contribution is 4.97. The fourth-order valence-corrected chi connectivity index (χ4v) is 4.53. The lowest BCUT2D eigenvalue weighted by molar-refractivity contribution is 0.0672. The average molecular weight is 236 g/mol. The molecule has 3 nitrogen and oxygen atoms in total. The van der Waals surface area contributed by atoms with E-state index in [4.69, 9.17) is 4.74 Å². The van der Waals surface area contributed by atoms with E-state index in [1.54, 1.807) is 0 Å². The van der Waals surface area contributed by atoms with Crippen LogP contribution in [0, 0.1) is 0 Å². The zero-order valence-corrected chi connectivity index (χ0v) is 10.7. The topological polar surface area (TPSA) is 15.7 Å². The molecule has 3 heteroatoms. The molecule has 0 saturated carbocycles. The molecule has 4 saturated heterocycles. The van der Waals surface area contributed by atoms with Gasteiger partial charge in [0.05, 0.1) is 12.2 Å². The van der Waals surface area contributed by atoms with E-state index in [0.717, 1.165) is 12.1 Å². The van der Waals surface area contributed by atoms with Gasteiger partial charge >= 0.3 is 0 Å². The van der Waals surface area contributed by atoms with Crippen LogP contribution < -0.4 is 0 Å². The predicted molar refractivity (Wildman–Crippen MR) is 67.1 cm³/mol. The van der Waals surface area contributed by atoms with Gasteiger partial charge in [0.15, 0.2) is 0 Å². The molecule has 4 heterocycles. The van der Waals surface area contributed by atoms with E-state index in [9.17, 15) is 0 Å². The predicted octanol–water partition coefficient (Wildman–Crippen LogP) is 1.48. The molecule has 0 aromatic carbocycles. The number of nitrogens with zero attached hydrogens (tertiary/aromatic N) is 2. The molecular formula is C14H24N2O. The lowest BCUT2D eigenvalue weighted by Crippen LogP contribution is -2.46. The number of hydrogen-bond acceptors (Lipinski definition) is 3. The van der Waals surface area contributed by atoms with Crippen molar-refractivity contribution in [3.63, 3.8) is 0 Å². The summed E-state index contributed by atoms with van der Waals surface area (Å²) < 4.78 is 6.03. The molecule has 0 amide bonds. The first-order valence-electron chi connectivity index (χ1n) is 7.54. The largest absolute Gasteiger partial charge is 0.373 e. The van der Waals surface area contributed by atoms with Gasteiger partial charge in [-0.3, -0.25) is 9.80 Å². The van der Waals surface area contributed by atoms with Gasteiger partial charge in [-0.15, -0.1) is 0 Å². The van der Waals surface area contributed by atoms with Crippen LogP contribution in [0.1, 0.15) is 38.5 Å². The average Bonchev–Trinajstić information content (AvgIpc) is 3.03. The molecule has 0 radical (unpaired) electrons. The Morgan fingerprint density at radius 2 is 1.76 bits per heavy atom. The Kier molecular flexibility index (Phi) is 2.67. The summed E-state index contributed by atoms with van der Waals surface area (Å²) in [6.07, 6.45) is 9.36. The molecule has 0 aromatic heterocycles. The molecule has 4 fully saturated rings. The molecular weight excluding hydrogens is 212 g/mol. The summed E-state index contributed by atoms with van der Waals surface area (Å²) in [4.78, 5) is 5.51. The van der Waals surface area contributed by atoms with E-state index in [1.807, 2.05) is 0 Å². The van der Waals surface area contributed by atoms with Crippen molar-refractivity contribution in [3.05, 3.63) is 0 Å². The Labute approximate surface area is 104 Å². The maximum Gasteiger partial charge on any atom is 0.0735 e. The zero-order chi connectivity index (χ0) is 11.2. The van der Waals surface area contributed by atoms with Gasteiger partial charge in [0.1, 0.15) is 0 Å². The number of rotatable bonds is 1. The van der Waals surface area contributed by atoms with Crippen LogP contribution in [0.3, 0.4) is 0 Å². The Hall–Kier alpha value is -0.120. The number of fused-ring (bicyclic) bond motifs is 3. The van der Waals surface area contributed by atoms with Crippen LogP contribution in [0.15, 0.2) is 0 Å². The third kappa shape index (κ3) is 1.83. The van der Waals surface area contributed by atoms with Gasteiger partial charge < -0.3 is 4.74 Å². The molecule has 4 atom stereocenters. The molecule has 17 heavy (non-hydrogen) atoms. The second-order valence-electron chi connectivity index (χ2n) is 6.36. The SMILES string of the molecule is C1CC2CN(C3CC4CCC3O4)CCCN2C1. The van der Waals surface area contributed by atoms with Gasteiger partial charge in [-0.1, -0.05) is 0 Å². The molecule has 4 unspecified atom stereocenters. The normalized spacial score (nSPS) is 47.3. The van der Waals surface area contributed by atoms with Crippen molar-refractivity contribution < 1.29 is 4.74 Å². The first-order valence-corrected chi connectivity index (χ1v) is 7.54. The van der Waals surface area contributed by atoms with Crippen molar-refractivity contribution in [2.75, 3.05) is 26.2 Å². The minimum Gasteiger partial charge on any atom is -0.373 e. The van der Waals surface area contributed by atoms with Gasteiger partial charge in [-0.05, 0) is 58.2 Å². The quantitative estimate of drug-likeness (QED) is 0.686. The zero-order valence-electron chi connectivity index (χ0n) is 10.7. The summed E-state index contributed by atoms with van der Waals surface area (Å²) in [7, 11) is 0. The summed E-state index contributed by atoms with van der Waals surface area (Å²) in [6.45, 7) is 5.32. The highest BCUT2D eigenvalue weighted by Crippen LogP contribution is 2.38. The third-order valence-electron chi connectivity index (χ3n) is 5.38. The minimum atomic E-state index is 0.577. The Balaban J connectivity index is 1.46. The van der Waals surface area contributed by atoms with Crippen LogP contribution in [-0.2, 0) is 4.74 Å².